The summed E-state index contributed by atoms with van der Waals surface area (Å²) in [6.07, 6.45) is 2.47. The molecule has 120 valence electrons. The lowest BCUT2D eigenvalue weighted by atomic mass is 9.94. The van der Waals surface area contributed by atoms with Gasteiger partial charge in [-0.1, -0.05) is 24.3 Å². The molecular weight excluding hydrogens is 302 g/mol. The fraction of sp³-hybridized carbons (Fsp3) is 0.500. The van der Waals surface area contributed by atoms with Crippen molar-refractivity contribution in [1.82, 2.24) is 15.5 Å². The van der Waals surface area contributed by atoms with Crippen molar-refractivity contribution in [2.75, 3.05) is 26.2 Å². The van der Waals surface area contributed by atoms with Crippen molar-refractivity contribution < 1.29 is 9.59 Å². The maximum atomic E-state index is 12.0. The smallest absolute Gasteiger partial charge is 0.239 e. The molecule has 2 aliphatic heterocycles. The summed E-state index contributed by atoms with van der Waals surface area (Å²) >= 11 is 0. The van der Waals surface area contributed by atoms with Gasteiger partial charge in [0, 0.05) is 25.6 Å². The third kappa shape index (κ3) is 3.78. The molecule has 0 radical (unpaired) electrons. The molecule has 3 rings (SSSR count). The number of carbonyl (C=O) groups is 2. The van der Waals surface area contributed by atoms with Crippen LogP contribution in [0.3, 0.4) is 0 Å². The van der Waals surface area contributed by atoms with Crippen LogP contribution in [0, 0.1) is 0 Å². The van der Waals surface area contributed by atoms with Gasteiger partial charge < -0.3 is 15.5 Å². The molecule has 0 spiro atoms. The van der Waals surface area contributed by atoms with E-state index in [0.717, 1.165) is 19.4 Å². The van der Waals surface area contributed by atoms with Gasteiger partial charge in [0.05, 0.1) is 6.54 Å². The Morgan fingerprint density at radius 2 is 2.14 bits per heavy atom. The maximum Gasteiger partial charge on any atom is 0.239 e. The number of nitrogens with zero attached hydrogens (tertiary/aromatic N) is 1. The van der Waals surface area contributed by atoms with Crippen LogP contribution in [-0.4, -0.2) is 42.9 Å². The van der Waals surface area contributed by atoms with E-state index < -0.39 is 0 Å². The Hall–Kier alpha value is -1.59. The minimum absolute atomic E-state index is 0. The molecule has 6 heteroatoms. The van der Waals surface area contributed by atoms with Crippen molar-refractivity contribution in [3.05, 3.63) is 35.4 Å². The van der Waals surface area contributed by atoms with Crippen molar-refractivity contribution in [3.8, 4) is 0 Å². The van der Waals surface area contributed by atoms with Gasteiger partial charge in [0.15, 0.2) is 0 Å². The average Bonchev–Trinajstić information content (AvgIpc) is 2.90. The first kappa shape index (κ1) is 16.8. The number of likely N-dealkylation sites (tertiary alicyclic amines) is 1. The largest absolute Gasteiger partial charge is 0.353 e. The van der Waals surface area contributed by atoms with Crippen LogP contribution in [0.5, 0.6) is 0 Å². The van der Waals surface area contributed by atoms with Crippen molar-refractivity contribution in [2.45, 2.75) is 25.3 Å². The first-order valence-corrected chi connectivity index (χ1v) is 7.60. The first-order chi connectivity index (χ1) is 10.2. The highest BCUT2D eigenvalue weighted by molar-refractivity contribution is 5.86. The Labute approximate surface area is 136 Å². The molecule has 1 aromatic rings. The normalized spacial score (nSPS) is 20.3. The maximum absolute atomic E-state index is 12.0. The van der Waals surface area contributed by atoms with Crippen molar-refractivity contribution >= 4 is 24.2 Å². The van der Waals surface area contributed by atoms with Crippen LogP contribution in [0.2, 0.25) is 0 Å². The van der Waals surface area contributed by atoms with Crippen LogP contribution >= 0.6 is 12.4 Å². The first-order valence-electron chi connectivity index (χ1n) is 7.60. The Morgan fingerprint density at radius 3 is 2.91 bits per heavy atom. The van der Waals surface area contributed by atoms with E-state index in [-0.39, 0.29) is 36.8 Å². The van der Waals surface area contributed by atoms with Gasteiger partial charge in [-0.15, -0.1) is 12.4 Å². The second-order valence-corrected chi connectivity index (χ2v) is 5.68. The van der Waals surface area contributed by atoms with Gasteiger partial charge in [-0.05, 0) is 30.5 Å². The fourth-order valence-corrected chi connectivity index (χ4v) is 3.09. The summed E-state index contributed by atoms with van der Waals surface area (Å²) in [6, 6.07) is 8.51. The van der Waals surface area contributed by atoms with Crippen molar-refractivity contribution in [2.24, 2.45) is 0 Å². The van der Waals surface area contributed by atoms with Gasteiger partial charge in [0.1, 0.15) is 0 Å². The third-order valence-corrected chi connectivity index (χ3v) is 4.22. The number of amides is 2. The van der Waals surface area contributed by atoms with Gasteiger partial charge in [0.2, 0.25) is 11.8 Å². The van der Waals surface area contributed by atoms with E-state index in [0.29, 0.717) is 19.5 Å². The number of carbonyl (C=O) groups excluding carboxylic acids is 2. The number of nitrogens with one attached hydrogen (secondary N) is 2. The number of hydrogen-bond donors (Lipinski definition) is 2. The lowest BCUT2D eigenvalue weighted by molar-refractivity contribution is -0.133. The summed E-state index contributed by atoms with van der Waals surface area (Å²) in [6.45, 7) is 2.39. The second-order valence-electron chi connectivity index (χ2n) is 5.68. The minimum Gasteiger partial charge on any atom is -0.353 e. The van der Waals surface area contributed by atoms with Crippen LogP contribution in [0.25, 0.3) is 0 Å². The van der Waals surface area contributed by atoms with E-state index >= 15 is 0 Å². The van der Waals surface area contributed by atoms with Gasteiger partial charge in [-0.2, -0.15) is 0 Å². The molecule has 22 heavy (non-hydrogen) atoms. The molecule has 2 aliphatic rings. The van der Waals surface area contributed by atoms with Gasteiger partial charge in [-0.25, -0.2) is 0 Å². The molecule has 1 atom stereocenters. The van der Waals surface area contributed by atoms with Crippen LogP contribution in [0.1, 0.15) is 30.0 Å². The number of benzene rings is 1. The Bertz CT molecular complexity index is 550. The van der Waals surface area contributed by atoms with E-state index in [1.54, 1.807) is 4.90 Å². The zero-order valence-corrected chi connectivity index (χ0v) is 13.3. The highest BCUT2D eigenvalue weighted by Crippen LogP contribution is 2.21. The minimum atomic E-state index is -0.0740. The zero-order valence-electron chi connectivity index (χ0n) is 12.5. The highest BCUT2D eigenvalue weighted by atomic mass is 35.5. The molecule has 2 amide bonds. The molecule has 1 aromatic carbocycles. The second kappa shape index (κ2) is 7.61. The molecule has 0 aliphatic carbocycles. The third-order valence-electron chi connectivity index (χ3n) is 4.22. The molecular formula is C16H22ClN3O2. The molecule has 0 bridgehead atoms. The van der Waals surface area contributed by atoms with E-state index in [1.165, 1.54) is 11.1 Å². The topological polar surface area (TPSA) is 61.4 Å². The van der Waals surface area contributed by atoms with Gasteiger partial charge in [0.25, 0.3) is 0 Å². The lowest BCUT2D eigenvalue weighted by Crippen LogP contribution is -2.43. The van der Waals surface area contributed by atoms with E-state index in [2.05, 4.69) is 28.8 Å². The Kier molecular flexibility index (Phi) is 5.80. The van der Waals surface area contributed by atoms with E-state index in [9.17, 15) is 9.59 Å². The van der Waals surface area contributed by atoms with E-state index in [1.807, 2.05) is 6.07 Å². The molecule has 1 fully saturated rings. The van der Waals surface area contributed by atoms with Crippen molar-refractivity contribution in [1.29, 1.82) is 0 Å². The summed E-state index contributed by atoms with van der Waals surface area (Å²) in [4.78, 5) is 25.1. The quantitative estimate of drug-likeness (QED) is 0.870. The average molecular weight is 324 g/mol. The molecule has 2 N–H and O–H groups in total. The lowest BCUT2D eigenvalue weighted by Gasteiger charge is -2.27. The summed E-state index contributed by atoms with van der Waals surface area (Å²) in [7, 11) is 0. The van der Waals surface area contributed by atoms with Crippen LogP contribution in [0.15, 0.2) is 24.3 Å². The number of halogens is 1. The Balaban J connectivity index is 0.00000176. The van der Waals surface area contributed by atoms with Gasteiger partial charge in [-0.3, -0.25) is 9.59 Å². The molecule has 0 saturated carbocycles. The number of fused-ring (bicyclic) bond motifs is 1. The summed E-state index contributed by atoms with van der Waals surface area (Å²) < 4.78 is 0. The van der Waals surface area contributed by atoms with Crippen molar-refractivity contribution in [3.63, 3.8) is 0 Å². The van der Waals surface area contributed by atoms with Crippen LogP contribution < -0.4 is 10.6 Å². The number of rotatable bonds is 4. The predicted octanol–water partition coefficient (Wildman–Crippen LogP) is 1.03. The Morgan fingerprint density at radius 1 is 1.32 bits per heavy atom. The molecule has 0 aromatic heterocycles. The van der Waals surface area contributed by atoms with Gasteiger partial charge >= 0.3 is 0 Å². The zero-order chi connectivity index (χ0) is 14.7. The summed E-state index contributed by atoms with van der Waals surface area (Å²) in [5.74, 6) is 0.0152. The predicted molar refractivity (Wildman–Crippen MR) is 87.0 cm³/mol. The SMILES string of the molecule is Cl.O=C(CN1CCCC1=O)NCC1NCCc2ccccc21. The van der Waals surface area contributed by atoms with E-state index in [4.69, 9.17) is 0 Å². The molecule has 1 saturated heterocycles. The fourth-order valence-electron chi connectivity index (χ4n) is 3.09. The molecule has 1 unspecified atom stereocenters. The number of hydrogen-bond acceptors (Lipinski definition) is 3. The highest BCUT2D eigenvalue weighted by Gasteiger charge is 2.23. The molecule has 2 heterocycles. The monoisotopic (exact) mass is 323 g/mol. The summed E-state index contributed by atoms with van der Waals surface area (Å²) in [5.41, 5.74) is 2.62. The van der Waals surface area contributed by atoms with Crippen LogP contribution in [0.4, 0.5) is 0 Å². The van der Waals surface area contributed by atoms with Crippen LogP contribution in [-0.2, 0) is 16.0 Å². The summed E-state index contributed by atoms with van der Waals surface area (Å²) in [5, 5.41) is 6.38. The molecule has 5 nitrogen and oxygen atoms in total. The standard InChI is InChI=1S/C16H21N3O2.ClH/c20-15(11-19-9-3-6-16(19)21)18-10-14-13-5-2-1-4-12(13)7-8-17-14;/h1-2,4-5,14,17H,3,6-11H2,(H,18,20);1H.